The number of aromatic nitrogens is 2. The maximum absolute atomic E-state index is 11.2. The molecule has 0 amide bonds. The van der Waals surface area contributed by atoms with E-state index in [4.69, 9.17) is 5.26 Å². The molecule has 58 valence electrons. The lowest BCUT2D eigenvalue weighted by Crippen LogP contribution is -2.03. The van der Waals surface area contributed by atoms with E-state index in [1.807, 2.05) is 6.07 Å². The lowest BCUT2D eigenvalue weighted by Gasteiger charge is -1.85. The molecule has 4 nitrogen and oxygen atoms in total. The van der Waals surface area contributed by atoms with Crippen LogP contribution in [0.3, 0.4) is 0 Å². The Kier molecular flexibility index (Phi) is 1.25. The molecule has 0 radical (unpaired) electrons. The summed E-state index contributed by atoms with van der Waals surface area (Å²) in [5.74, 6) is 0. The maximum atomic E-state index is 11.2. The summed E-state index contributed by atoms with van der Waals surface area (Å²) in [5, 5.41) is 9.06. The van der Waals surface area contributed by atoms with Crippen LogP contribution in [0.2, 0.25) is 0 Å². The number of nitriles is 1. The first kappa shape index (κ1) is 6.68. The number of H-pyrrole nitrogens is 2. The van der Waals surface area contributed by atoms with Crippen molar-refractivity contribution in [2.75, 3.05) is 0 Å². The highest BCUT2D eigenvalue weighted by atomic mass is 16.1. The van der Waals surface area contributed by atoms with Crippen LogP contribution in [0.1, 0.15) is 5.56 Å². The molecule has 0 saturated heterocycles. The molecular weight excluding hydrogens is 154 g/mol. The first-order chi connectivity index (χ1) is 5.83. The summed E-state index contributed by atoms with van der Waals surface area (Å²) in [6, 6.07) is 3.66. The molecule has 2 rings (SSSR count). The van der Waals surface area contributed by atoms with Crippen LogP contribution in [-0.4, -0.2) is 9.97 Å². The van der Waals surface area contributed by atoms with Crippen LogP contribution >= 0.6 is 0 Å². The molecule has 0 aliphatic heterocycles. The Hall–Kier alpha value is -2.02. The second-order valence-electron chi connectivity index (χ2n) is 2.41. The molecule has 0 aliphatic rings. The molecule has 0 aromatic carbocycles. The molecule has 0 saturated carbocycles. The summed E-state index contributed by atoms with van der Waals surface area (Å²) in [6.45, 7) is 0. The fourth-order valence-corrected chi connectivity index (χ4v) is 1.18. The number of rotatable bonds is 0. The fourth-order valence-electron chi connectivity index (χ4n) is 1.18. The molecule has 0 spiro atoms. The van der Waals surface area contributed by atoms with Crippen LogP contribution in [0.15, 0.2) is 23.3 Å². The molecule has 2 aromatic rings. The van der Waals surface area contributed by atoms with Gasteiger partial charge in [0.1, 0.15) is 6.07 Å². The zero-order chi connectivity index (χ0) is 8.55. The van der Waals surface area contributed by atoms with E-state index in [0.29, 0.717) is 16.5 Å². The van der Waals surface area contributed by atoms with Crippen molar-refractivity contribution < 1.29 is 0 Å². The van der Waals surface area contributed by atoms with Gasteiger partial charge >= 0.3 is 0 Å². The van der Waals surface area contributed by atoms with Gasteiger partial charge in [-0.2, -0.15) is 5.26 Å². The van der Waals surface area contributed by atoms with E-state index in [9.17, 15) is 4.79 Å². The molecule has 12 heavy (non-hydrogen) atoms. The van der Waals surface area contributed by atoms with Crippen molar-refractivity contribution in [3.63, 3.8) is 0 Å². The van der Waals surface area contributed by atoms with E-state index >= 15 is 0 Å². The zero-order valence-corrected chi connectivity index (χ0v) is 6.09. The summed E-state index contributed by atoms with van der Waals surface area (Å²) in [5.41, 5.74) is 0.840. The second kappa shape index (κ2) is 2.24. The third-order valence-electron chi connectivity index (χ3n) is 1.72. The van der Waals surface area contributed by atoms with E-state index in [1.54, 1.807) is 12.3 Å². The predicted octanol–water partition coefficient (Wildman–Crippen LogP) is 0.728. The summed E-state index contributed by atoms with van der Waals surface area (Å²) >= 11 is 0. The van der Waals surface area contributed by atoms with Gasteiger partial charge in [-0.15, -0.1) is 0 Å². The highest BCUT2D eigenvalue weighted by molar-refractivity contribution is 5.84. The Morgan fingerprint density at radius 3 is 3.00 bits per heavy atom. The largest absolute Gasteiger partial charge is 0.360 e. The smallest absolute Gasteiger partial charge is 0.258 e. The first-order valence-electron chi connectivity index (χ1n) is 3.42. The lowest BCUT2D eigenvalue weighted by atomic mass is 10.2. The van der Waals surface area contributed by atoms with Crippen molar-refractivity contribution in [1.29, 1.82) is 5.26 Å². The van der Waals surface area contributed by atoms with Gasteiger partial charge < -0.3 is 9.97 Å². The third kappa shape index (κ3) is 0.736. The molecule has 0 aliphatic carbocycles. The van der Waals surface area contributed by atoms with Gasteiger partial charge in [-0.05, 0) is 6.07 Å². The number of nitrogens with one attached hydrogen (secondary N) is 2. The first-order valence-corrected chi connectivity index (χ1v) is 3.42. The molecule has 0 atom stereocenters. The molecule has 0 unspecified atom stereocenters. The van der Waals surface area contributed by atoms with Crippen LogP contribution in [0, 0.1) is 11.3 Å². The molecule has 0 fully saturated rings. The van der Waals surface area contributed by atoms with E-state index in [0.717, 1.165) is 0 Å². The Labute approximate surface area is 67.5 Å². The molecule has 2 heterocycles. The number of nitrogens with zero attached hydrogens (tertiary/aromatic N) is 1. The molecule has 0 bridgehead atoms. The maximum Gasteiger partial charge on any atom is 0.258 e. The highest BCUT2D eigenvalue weighted by Crippen LogP contribution is 2.10. The molecule has 4 heteroatoms. The fraction of sp³-hybridized carbons (Fsp3) is 0. The summed E-state index contributed by atoms with van der Waals surface area (Å²) in [6.07, 6.45) is 3.07. The lowest BCUT2D eigenvalue weighted by molar-refractivity contribution is 1.27. The van der Waals surface area contributed by atoms with Gasteiger partial charge in [0.15, 0.2) is 0 Å². The van der Waals surface area contributed by atoms with Gasteiger partial charge in [0, 0.05) is 12.4 Å². The summed E-state index contributed by atoms with van der Waals surface area (Å²) in [4.78, 5) is 16.5. The summed E-state index contributed by atoms with van der Waals surface area (Å²) < 4.78 is 0. The third-order valence-corrected chi connectivity index (χ3v) is 1.72. The van der Waals surface area contributed by atoms with E-state index in [1.165, 1.54) is 6.20 Å². The van der Waals surface area contributed by atoms with Crippen LogP contribution in [0.25, 0.3) is 10.9 Å². The van der Waals surface area contributed by atoms with E-state index in [2.05, 4.69) is 9.97 Å². The molecule has 2 N–H and O–H groups in total. The van der Waals surface area contributed by atoms with Crippen molar-refractivity contribution in [3.05, 3.63) is 34.4 Å². The average molecular weight is 159 g/mol. The van der Waals surface area contributed by atoms with Crippen LogP contribution in [0.4, 0.5) is 0 Å². The summed E-state index contributed by atoms with van der Waals surface area (Å²) in [7, 11) is 0. The van der Waals surface area contributed by atoms with Crippen molar-refractivity contribution in [3.8, 4) is 6.07 Å². The number of fused-ring (bicyclic) bond motifs is 1. The average Bonchev–Trinajstić information content (AvgIpc) is 2.49. The Morgan fingerprint density at radius 1 is 1.42 bits per heavy atom. The minimum Gasteiger partial charge on any atom is -0.360 e. The standard InChI is InChI=1S/C8H5N3O/c9-3-5-4-11-6-1-2-10-8(12)7(5)6/h1-2,4,11H,(H,10,12). The van der Waals surface area contributed by atoms with Crippen molar-refractivity contribution >= 4 is 10.9 Å². The van der Waals surface area contributed by atoms with Gasteiger partial charge in [-0.1, -0.05) is 0 Å². The number of pyridine rings is 1. The normalized spacial score (nSPS) is 9.92. The highest BCUT2D eigenvalue weighted by Gasteiger charge is 2.04. The quantitative estimate of drug-likeness (QED) is 0.594. The number of aromatic amines is 2. The van der Waals surface area contributed by atoms with Crippen molar-refractivity contribution in [2.45, 2.75) is 0 Å². The Balaban J connectivity index is 3.05. The van der Waals surface area contributed by atoms with Gasteiger partial charge in [0.25, 0.3) is 5.56 Å². The second-order valence-corrected chi connectivity index (χ2v) is 2.41. The molecule has 2 aromatic heterocycles. The minimum absolute atomic E-state index is 0.231. The van der Waals surface area contributed by atoms with Gasteiger partial charge in [-0.25, -0.2) is 0 Å². The van der Waals surface area contributed by atoms with Crippen molar-refractivity contribution in [2.24, 2.45) is 0 Å². The topological polar surface area (TPSA) is 72.4 Å². The van der Waals surface area contributed by atoms with Gasteiger partial charge in [0.05, 0.1) is 16.5 Å². The number of hydrogen-bond donors (Lipinski definition) is 2. The van der Waals surface area contributed by atoms with E-state index < -0.39 is 0 Å². The predicted molar refractivity (Wildman–Crippen MR) is 43.6 cm³/mol. The van der Waals surface area contributed by atoms with Crippen LogP contribution < -0.4 is 5.56 Å². The Morgan fingerprint density at radius 2 is 2.25 bits per heavy atom. The van der Waals surface area contributed by atoms with Crippen LogP contribution in [0.5, 0.6) is 0 Å². The number of hydrogen-bond acceptors (Lipinski definition) is 2. The molecular formula is C8H5N3O. The van der Waals surface area contributed by atoms with E-state index in [-0.39, 0.29) is 5.56 Å². The SMILES string of the molecule is N#Cc1c[nH]c2cc[nH]c(=O)c12. The minimum atomic E-state index is -0.231. The monoisotopic (exact) mass is 159 g/mol. The van der Waals surface area contributed by atoms with Crippen molar-refractivity contribution in [1.82, 2.24) is 9.97 Å². The Bertz CT molecular complexity index is 515. The van der Waals surface area contributed by atoms with Crippen LogP contribution in [-0.2, 0) is 0 Å². The van der Waals surface area contributed by atoms with Gasteiger partial charge in [-0.3, -0.25) is 4.79 Å². The zero-order valence-electron chi connectivity index (χ0n) is 6.09. The van der Waals surface area contributed by atoms with Gasteiger partial charge in [0.2, 0.25) is 0 Å².